The van der Waals surface area contributed by atoms with Gasteiger partial charge in [-0.2, -0.15) is 8.75 Å². The maximum absolute atomic E-state index is 10.0. The van der Waals surface area contributed by atoms with Gasteiger partial charge < -0.3 is 5.11 Å². The molecule has 0 radical (unpaired) electrons. The van der Waals surface area contributed by atoms with E-state index in [1.807, 2.05) is 0 Å². The molecule has 0 aromatic carbocycles. The van der Waals surface area contributed by atoms with Gasteiger partial charge in [-0.3, -0.25) is 4.79 Å². The van der Waals surface area contributed by atoms with Crippen molar-refractivity contribution in [1.29, 1.82) is 0 Å². The molecule has 0 unspecified atom stereocenters. The van der Waals surface area contributed by atoms with Crippen LogP contribution in [0.15, 0.2) is 6.20 Å². The molecule has 1 aromatic heterocycles. The van der Waals surface area contributed by atoms with Crippen molar-refractivity contribution in [2.24, 2.45) is 0 Å². The molecule has 9 heavy (non-hydrogen) atoms. The quantitative estimate of drug-likeness (QED) is 0.642. The summed E-state index contributed by atoms with van der Waals surface area (Å²) in [5, 5.41) is 8.22. The average molecular weight is 144 g/mol. The second kappa shape index (κ2) is 2.54. The topological polar surface area (TPSA) is 63.1 Å². The van der Waals surface area contributed by atoms with E-state index < -0.39 is 5.97 Å². The SMILES string of the molecule is O=C(O)Cc1cnsn1. The third-order valence-electron chi connectivity index (χ3n) is 0.739. The minimum Gasteiger partial charge on any atom is -0.481 e. The molecule has 0 atom stereocenters. The number of rotatable bonds is 2. The highest BCUT2D eigenvalue weighted by Crippen LogP contribution is 1.94. The number of aliphatic carboxylic acids is 1. The number of hydrogen-bond donors (Lipinski definition) is 1. The molecule has 1 aromatic rings. The average Bonchev–Trinajstić information content (AvgIpc) is 2.15. The summed E-state index contributed by atoms with van der Waals surface area (Å²) in [4.78, 5) is 10.0. The van der Waals surface area contributed by atoms with Crippen molar-refractivity contribution in [3.63, 3.8) is 0 Å². The predicted octanol–water partition coefficient (Wildman–Crippen LogP) is 0.165. The third-order valence-corrected chi connectivity index (χ3v) is 1.26. The standard InChI is InChI=1S/C4H4N2O2S/c7-4(8)1-3-2-5-9-6-3/h2H,1H2,(H,7,8). The highest BCUT2D eigenvalue weighted by Gasteiger charge is 2.00. The number of hydrogen-bond acceptors (Lipinski definition) is 4. The predicted molar refractivity (Wildman–Crippen MR) is 31.2 cm³/mol. The van der Waals surface area contributed by atoms with Crippen LogP contribution in [-0.2, 0) is 11.2 Å². The van der Waals surface area contributed by atoms with Crippen LogP contribution in [0.2, 0.25) is 0 Å². The molecule has 0 saturated carbocycles. The first-order chi connectivity index (χ1) is 4.29. The van der Waals surface area contributed by atoms with E-state index in [0.717, 1.165) is 11.7 Å². The lowest BCUT2D eigenvalue weighted by Gasteiger charge is -1.82. The normalized spacial score (nSPS) is 9.33. The molecule has 0 saturated heterocycles. The lowest BCUT2D eigenvalue weighted by atomic mass is 10.3. The van der Waals surface area contributed by atoms with E-state index in [4.69, 9.17) is 5.11 Å². The van der Waals surface area contributed by atoms with E-state index in [1.54, 1.807) is 0 Å². The third kappa shape index (κ3) is 1.77. The van der Waals surface area contributed by atoms with Crippen LogP contribution in [0.25, 0.3) is 0 Å². The fraction of sp³-hybridized carbons (Fsp3) is 0.250. The Morgan fingerprint density at radius 2 is 2.67 bits per heavy atom. The molecule has 0 aliphatic carbocycles. The van der Waals surface area contributed by atoms with Crippen molar-refractivity contribution >= 4 is 17.7 Å². The molecule has 0 aliphatic rings. The van der Waals surface area contributed by atoms with Crippen LogP contribution in [0.4, 0.5) is 0 Å². The Morgan fingerprint density at radius 1 is 1.89 bits per heavy atom. The van der Waals surface area contributed by atoms with E-state index in [-0.39, 0.29) is 6.42 Å². The fourth-order valence-corrected chi connectivity index (χ4v) is 0.849. The minimum atomic E-state index is -0.873. The van der Waals surface area contributed by atoms with E-state index >= 15 is 0 Å². The molecule has 4 nitrogen and oxygen atoms in total. The fourth-order valence-electron chi connectivity index (χ4n) is 0.417. The van der Waals surface area contributed by atoms with Crippen molar-refractivity contribution < 1.29 is 9.90 Å². The first-order valence-electron chi connectivity index (χ1n) is 2.27. The molecule has 0 spiro atoms. The Hall–Kier alpha value is -0.970. The van der Waals surface area contributed by atoms with Gasteiger partial charge in [0.2, 0.25) is 0 Å². The van der Waals surface area contributed by atoms with Crippen LogP contribution < -0.4 is 0 Å². The minimum absolute atomic E-state index is 0.0313. The zero-order chi connectivity index (χ0) is 6.69. The second-order valence-electron chi connectivity index (χ2n) is 1.47. The molecule has 1 heterocycles. The molecule has 0 amide bonds. The number of carboxylic acid groups (broad SMARTS) is 1. The Morgan fingerprint density at radius 3 is 3.11 bits per heavy atom. The van der Waals surface area contributed by atoms with Crippen molar-refractivity contribution in [1.82, 2.24) is 8.75 Å². The summed E-state index contributed by atoms with van der Waals surface area (Å²) in [7, 11) is 0. The lowest BCUT2D eigenvalue weighted by molar-refractivity contribution is -0.136. The summed E-state index contributed by atoms with van der Waals surface area (Å²) >= 11 is 1.02. The highest BCUT2D eigenvalue weighted by atomic mass is 32.1. The van der Waals surface area contributed by atoms with Crippen molar-refractivity contribution in [3.8, 4) is 0 Å². The maximum atomic E-state index is 10.0. The molecule has 0 bridgehead atoms. The Kier molecular flexibility index (Phi) is 1.74. The smallest absolute Gasteiger partial charge is 0.309 e. The van der Waals surface area contributed by atoms with Crippen LogP contribution in [0.1, 0.15) is 5.69 Å². The van der Waals surface area contributed by atoms with Crippen LogP contribution in [0, 0.1) is 0 Å². The molecular formula is C4H4N2O2S. The number of aromatic nitrogens is 2. The van der Waals surface area contributed by atoms with E-state index in [9.17, 15) is 4.79 Å². The van der Waals surface area contributed by atoms with Gasteiger partial charge in [-0.1, -0.05) is 0 Å². The molecule has 1 rings (SSSR count). The first-order valence-corrected chi connectivity index (χ1v) is 3.00. The molecule has 48 valence electrons. The van der Waals surface area contributed by atoms with Gasteiger partial charge in [0, 0.05) is 0 Å². The van der Waals surface area contributed by atoms with Gasteiger partial charge in [-0.25, -0.2) is 0 Å². The highest BCUT2D eigenvalue weighted by molar-refractivity contribution is 6.99. The molecule has 1 N–H and O–H groups in total. The van der Waals surface area contributed by atoms with Crippen molar-refractivity contribution in [2.75, 3.05) is 0 Å². The summed E-state index contributed by atoms with van der Waals surface area (Å²) in [6, 6.07) is 0. The van der Waals surface area contributed by atoms with Gasteiger partial charge in [0.05, 0.1) is 30.0 Å². The second-order valence-corrected chi connectivity index (χ2v) is 2.03. The molecule has 0 aliphatic heterocycles. The van der Waals surface area contributed by atoms with Gasteiger partial charge in [0.15, 0.2) is 0 Å². The zero-order valence-electron chi connectivity index (χ0n) is 4.44. The number of carboxylic acids is 1. The van der Waals surface area contributed by atoms with Crippen LogP contribution >= 0.6 is 11.7 Å². The summed E-state index contributed by atoms with van der Waals surface area (Å²) < 4.78 is 7.35. The van der Waals surface area contributed by atoms with Crippen LogP contribution in [0.5, 0.6) is 0 Å². The van der Waals surface area contributed by atoms with Gasteiger partial charge >= 0.3 is 5.97 Å². The Bertz CT molecular complexity index is 196. The number of nitrogens with zero attached hydrogens (tertiary/aromatic N) is 2. The van der Waals surface area contributed by atoms with Gasteiger partial charge in [0.1, 0.15) is 0 Å². The van der Waals surface area contributed by atoms with Gasteiger partial charge in [-0.05, 0) is 0 Å². The first kappa shape index (κ1) is 6.15. The Balaban J connectivity index is 2.58. The summed E-state index contributed by atoms with van der Waals surface area (Å²) in [5.74, 6) is -0.873. The van der Waals surface area contributed by atoms with E-state index in [0.29, 0.717) is 5.69 Å². The monoisotopic (exact) mass is 144 g/mol. The number of carbonyl (C=O) groups is 1. The van der Waals surface area contributed by atoms with Crippen LogP contribution in [-0.4, -0.2) is 19.8 Å². The lowest BCUT2D eigenvalue weighted by Crippen LogP contribution is -1.99. The zero-order valence-corrected chi connectivity index (χ0v) is 5.26. The molecule has 5 heteroatoms. The van der Waals surface area contributed by atoms with E-state index in [1.165, 1.54) is 6.20 Å². The van der Waals surface area contributed by atoms with Gasteiger partial charge in [-0.15, -0.1) is 0 Å². The molecular weight excluding hydrogens is 140 g/mol. The Labute approximate surface area is 55.5 Å². The summed E-state index contributed by atoms with van der Waals surface area (Å²) in [6.07, 6.45) is 1.43. The van der Waals surface area contributed by atoms with Gasteiger partial charge in [0.25, 0.3) is 0 Å². The van der Waals surface area contributed by atoms with Crippen LogP contribution in [0.3, 0.4) is 0 Å². The van der Waals surface area contributed by atoms with Crippen molar-refractivity contribution in [3.05, 3.63) is 11.9 Å². The summed E-state index contributed by atoms with van der Waals surface area (Å²) in [6.45, 7) is 0. The molecule has 0 fully saturated rings. The largest absolute Gasteiger partial charge is 0.481 e. The van der Waals surface area contributed by atoms with E-state index in [2.05, 4.69) is 8.75 Å². The maximum Gasteiger partial charge on any atom is 0.309 e. The summed E-state index contributed by atoms with van der Waals surface area (Å²) in [5.41, 5.74) is 0.521. The van der Waals surface area contributed by atoms with Crippen molar-refractivity contribution in [2.45, 2.75) is 6.42 Å².